The molecule has 0 atom stereocenters. The van der Waals surface area contributed by atoms with E-state index in [1.807, 2.05) is 12.1 Å². The minimum absolute atomic E-state index is 0. The van der Waals surface area contributed by atoms with E-state index >= 15 is 0 Å². The van der Waals surface area contributed by atoms with Gasteiger partial charge in [0.2, 0.25) is 0 Å². The van der Waals surface area contributed by atoms with Crippen LogP contribution in [0.15, 0.2) is 41.4 Å². The number of benzene rings is 2. The van der Waals surface area contributed by atoms with Gasteiger partial charge in [0.25, 0.3) is 0 Å². The minimum Gasteiger partial charge on any atom is -0.493 e. The van der Waals surface area contributed by atoms with E-state index in [4.69, 9.17) is 9.47 Å². The van der Waals surface area contributed by atoms with Crippen molar-refractivity contribution in [2.45, 2.75) is 19.9 Å². The molecule has 0 spiro atoms. The molecule has 0 aliphatic rings. The predicted molar refractivity (Wildman–Crippen MR) is 132 cm³/mol. The molecule has 2 aromatic carbocycles. The molecule has 7 heteroatoms. The lowest BCUT2D eigenvalue weighted by atomic mass is 10.1. The molecule has 0 fully saturated rings. The maximum Gasteiger partial charge on any atom is 0.191 e. The van der Waals surface area contributed by atoms with E-state index in [9.17, 15) is 0 Å². The van der Waals surface area contributed by atoms with Gasteiger partial charge in [-0.1, -0.05) is 12.1 Å². The number of nitrogens with one attached hydrogen (secondary N) is 2. The Kier molecular flexibility index (Phi) is 10.6. The molecule has 6 nitrogen and oxygen atoms in total. The van der Waals surface area contributed by atoms with Crippen molar-refractivity contribution in [3.05, 3.63) is 53.1 Å². The van der Waals surface area contributed by atoms with Gasteiger partial charge in [0, 0.05) is 39.9 Å². The molecule has 29 heavy (non-hydrogen) atoms. The highest BCUT2D eigenvalue weighted by Crippen LogP contribution is 2.27. The molecule has 0 aliphatic carbocycles. The van der Waals surface area contributed by atoms with E-state index in [-0.39, 0.29) is 24.0 Å². The maximum absolute atomic E-state index is 5.36. The molecule has 2 aromatic rings. The second-order valence-electron chi connectivity index (χ2n) is 6.80. The fourth-order valence-electron chi connectivity index (χ4n) is 2.92. The number of hydrogen-bond donors (Lipinski definition) is 2. The third-order valence-electron chi connectivity index (χ3n) is 4.67. The van der Waals surface area contributed by atoms with E-state index in [1.165, 1.54) is 22.4 Å². The average Bonchev–Trinajstić information content (AvgIpc) is 2.70. The normalized spacial score (nSPS) is 10.8. The standard InChI is InChI=1S/C22H32N4O2.HI/c1-16-13-19(26(3)4)9-8-18(16)15-25-22(23-2)24-12-11-17-7-10-20(27-5)21(14-17)28-6;/h7-10,13-14H,11-12,15H2,1-6H3,(H2,23,24,25);1H. The van der Waals surface area contributed by atoms with Gasteiger partial charge >= 0.3 is 0 Å². The number of aliphatic imine (C=N–C) groups is 1. The summed E-state index contributed by atoms with van der Waals surface area (Å²) in [6.07, 6.45) is 0.859. The first-order chi connectivity index (χ1) is 13.5. The summed E-state index contributed by atoms with van der Waals surface area (Å²) < 4.78 is 10.6. The molecule has 0 heterocycles. The molecule has 0 unspecified atom stereocenters. The number of hydrogen-bond acceptors (Lipinski definition) is 4. The van der Waals surface area contributed by atoms with Crippen LogP contribution in [-0.2, 0) is 13.0 Å². The number of halogens is 1. The minimum atomic E-state index is 0. The van der Waals surface area contributed by atoms with Crippen LogP contribution in [0.2, 0.25) is 0 Å². The van der Waals surface area contributed by atoms with Crippen LogP contribution in [0.3, 0.4) is 0 Å². The summed E-state index contributed by atoms with van der Waals surface area (Å²) in [5.74, 6) is 2.28. The number of rotatable bonds is 8. The van der Waals surface area contributed by atoms with E-state index in [2.05, 4.69) is 65.8 Å². The lowest BCUT2D eigenvalue weighted by Gasteiger charge is -2.17. The number of methoxy groups -OCH3 is 2. The Hall–Kier alpha value is -2.16. The van der Waals surface area contributed by atoms with Crippen molar-refractivity contribution in [2.75, 3.05) is 46.8 Å². The first kappa shape index (κ1) is 24.9. The first-order valence-corrected chi connectivity index (χ1v) is 9.40. The van der Waals surface area contributed by atoms with Crippen molar-refractivity contribution in [3.8, 4) is 11.5 Å². The fraction of sp³-hybridized carbons (Fsp3) is 0.409. The third-order valence-corrected chi connectivity index (χ3v) is 4.67. The van der Waals surface area contributed by atoms with Crippen LogP contribution in [0, 0.1) is 6.92 Å². The summed E-state index contributed by atoms with van der Waals surface area (Å²) in [4.78, 5) is 6.42. The number of aryl methyl sites for hydroxylation is 1. The van der Waals surface area contributed by atoms with Crippen molar-refractivity contribution in [2.24, 2.45) is 4.99 Å². The van der Waals surface area contributed by atoms with E-state index in [1.54, 1.807) is 21.3 Å². The van der Waals surface area contributed by atoms with Crippen molar-refractivity contribution >= 4 is 35.6 Å². The van der Waals surface area contributed by atoms with Crippen molar-refractivity contribution in [3.63, 3.8) is 0 Å². The topological polar surface area (TPSA) is 58.1 Å². The fourth-order valence-corrected chi connectivity index (χ4v) is 2.92. The molecule has 0 aromatic heterocycles. The number of anilines is 1. The Bertz CT molecular complexity index is 809. The Morgan fingerprint density at radius 3 is 2.31 bits per heavy atom. The molecule has 2 rings (SSSR count). The second-order valence-corrected chi connectivity index (χ2v) is 6.80. The molecule has 0 bridgehead atoms. The zero-order chi connectivity index (χ0) is 20.5. The quantitative estimate of drug-likeness (QED) is 0.322. The second kappa shape index (κ2) is 12.4. The van der Waals surface area contributed by atoms with Crippen molar-refractivity contribution in [1.82, 2.24) is 10.6 Å². The van der Waals surface area contributed by atoms with E-state index in [0.717, 1.165) is 37.0 Å². The third kappa shape index (κ3) is 7.30. The van der Waals surface area contributed by atoms with Gasteiger partial charge in [0.05, 0.1) is 14.2 Å². The predicted octanol–water partition coefficient (Wildman–Crippen LogP) is 3.60. The summed E-state index contributed by atoms with van der Waals surface area (Å²) in [6, 6.07) is 12.5. The average molecular weight is 512 g/mol. The summed E-state index contributed by atoms with van der Waals surface area (Å²) in [7, 11) is 9.19. The lowest BCUT2D eigenvalue weighted by Crippen LogP contribution is -2.38. The summed E-state index contributed by atoms with van der Waals surface area (Å²) in [6.45, 7) is 3.64. The van der Waals surface area contributed by atoms with Crippen LogP contribution in [0.25, 0.3) is 0 Å². The smallest absolute Gasteiger partial charge is 0.191 e. The van der Waals surface area contributed by atoms with Gasteiger partial charge in [-0.05, 0) is 54.3 Å². The Labute approximate surface area is 191 Å². The highest BCUT2D eigenvalue weighted by molar-refractivity contribution is 14.0. The molecule has 0 saturated carbocycles. The Morgan fingerprint density at radius 1 is 1.00 bits per heavy atom. The Balaban J connectivity index is 0.00000420. The highest BCUT2D eigenvalue weighted by Gasteiger charge is 2.06. The SMILES string of the molecule is CN=C(NCCc1ccc(OC)c(OC)c1)NCc1ccc(N(C)C)cc1C.I. The first-order valence-electron chi connectivity index (χ1n) is 9.40. The molecular weight excluding hydrogens is 479 g/mol. The monoisotopic (exact) mass is 512 g/mol. The largest absolute Gasteiger partial charge is 0.493 e. The highest BCUT2D eigenvalue weighted by atomic mass is 127. The molecule has 0 saturated heterocycles. The van der Waals surface area contributed by atoms with Crippen LogP contribution in [0.1, 0.15) is 16.7 Å². The lowest BCUT2D eigenvalue weighted by molar-refractivity contribution is 0.354. The van der Waals surface area contributed by atoms with Gasteiger partial charge in [-0.25, -0.2) is 0 Å². The number of guanidine groups is 1. The van der Waals surface area contributed by atoms with E-state index < -0.39 is 0 Å². The van der Waals surface area contributed by atoms with Gasteiger partial charge in [0.1, 0.15) is 0 Å². The van der Waals surface area contributed by atoms with Crippen LogP contribution >= 0.6 is 24.0 Å². The van der Waals surface area contributed by atoms with Gasteiger partial charge in [-0.2, -0.15) is 0 Å². The van der Waals surface area contributed by atoms with Crippen LogP contribution in [0.4, 0.5) is 5.69 Å². The summed E-state index contributed by atoms with van der Waals surface area (Å²) in [5, 5.41) is 6.74. The number of ether oxygens (including phenoxy) is 2. The summed E-state index contributed by atoms with van der Waals surface area (Å²) in [5.41, 5.74) is 4.90. The zero-order valence-electron chi connectivity index (χ0n) is 18.2. The molecule has 2 N–H and O–H groups in total. The zero-order valence-corrected chi connectivity index (χ0v) is 20.5. The Morgan fingerprint density at radius 2 is 1.72 bits per heavy atom. The molecule has 160 valence electrons. The maximum atomic E-state index is 5.36. The molecule has 0 radical (unpaired) electrons. The molecular formula is C22H33IN4O2. The number of nitrogens with zero attached hydrogens (tertiary/aromatic N) is 2. The molecule has 0 aliphatic heterocycles. The van der Waals surface area contributed by atoms with Crippen molar-refractivity contribution < 1.29 is 9.47 Å². The van der Waals surface area contributed by atoms with E-state index in [0.29, 0.717) is 0 Å². The van der Waals surface area contributed by atoms with Crippen LogP contribution in [-0.4, -0.2) is 47.9 Å². The van der Waals surface area contributed by atoms with Crippen LogP contribution < -0.4 is 25.0 Å². The summed E-state index contributed by atoms with van der Waals surface area (Å²) >= 11 is 0. The van der Waals surface area contributed by atoms with Gasteiger partial charge in [-0.15, -0.1) is 24.0 Å². The van der Waals surface area contributed by atoms with Gasteiger partial charge in [-0.3, -0.25) is 4.99 Å². The van der Waals surface area contributed by atoms with Crippen LogP contribution in [0.5, 0.6) is 11.5 Å². The van der Waals surface area contributed by atoms with Crippen molar-refractivity contribution in [1.29, 1.82) is 0 Å². The van der Waals surface area contributed by atoms with Gasteiger partial charge in [0.15, 0.2) is 17.5 Å². The van der Waals surface area contributed by atoms with Gasteiger partial charge < -0.3 is 25.0 Å². The molecule has 0 amide bonds.